The molecule has 0 radical (unpaired) electrons. The molecule has 3 aliphatic heterocycles. The second-order valence-corrected chi connectivity index (χ2v) is 9.96. The molecule has 3 heterocycles. The first kappa shape index (κ1) is 27.3. The molecule has 10 nitrogen and oxygen atoms in total. The molecule has 36 heavy (non-hydrogen) atoms. The second kappa shape index (κ2) is 11.2. The third-order valence-corrected chi connectivity index (χ3v) is 6.03. The molecule has 0 aliphatic carbocycles. The highest BCUT2D eigenvalue weighted by Gasteiger charge is 2.35. The van der Waals surface area contributed by atoms with Gasteiger partial charge in [-0.3, -0.25) is 19.7 Å². The van der Waals surface area contributed by atoms with Gasteiger partial charge in [-0.2, -0.15) is 0 Å². The highest BCUT2D eigenvalue weighted by molar-refractivity contribution is 6.01. The number of piperidine rings is 1. The third-order valence-electron chi connectivity index (χ3n) is 6.03. The molecule has 1 unspecified atom stereocenters. The van der Waals surface area contributed by atoms with E-state index >= 15 is 0 Å². The quantitative estimate of drug-likeness (QED) is 0.457. The number of hydrogen-bond acceptors (Lipinski definition) is 7. The van der Waals surface area contributed by atoms with Crippen molar-refractivity contribution in [1.82, 2.24) is 15.5 Å². The summed E-state index contributed by atoms with van der Waals surface area (Å²) in [5.41, 5.74) is -0.350. The van der Waals surface area contributed by atoms with Gasteiger partial charge in [-0.05, 0) is 39.3 Å². The molecule has 12 heteroatoms. The van der Waals surface area contributed by atoms with Crippen LogP contribution < -0.4 is 15.5 Å². The number of carbonyl (C=O) groups is 4. The van der Waals surface area contributed by atoms with Gasteiger partial charge in [-0.15, -0.1) is 0 Å². The standard InChI is InChI=1S/C15H15F2N3O3.C9H17NO3/c16-11-3-9(20-5-8(6-20)18-7-21)4-12(17)14(11)10-1-2-13(22)19-15(10)23;1-9(2,3)13-8(11)10-5-7(6-10)12-4/h3-4,7-8,10H,1-2,5-6H2,(H,18,21)(H,19,22,23);7H,5-6H2,1-4H3. The molecule has 0 bridgehead atoms. The Bertz CT molecular complexity index is 980. The molecule has 1 aromatic carbocycles. The van der Waals surface area contributed by atoms with Crippen molar-refractivity contribution in [2.45, 2.75) is 57.3 Å². The van der Waals surface area contributed by atoms with Crippen molar-refractivity contribution in [3.63, 3.8) is 0 Å². The maximum Gasteiger partial charge on any atom is 0.410 e. The number of nitrogens with zero attached hydrogens (tertiary/aromatic N) is 2. The fourth-order valence-corrected chi connectivity index (χ4v) is 4.01. The lowest BCUT2D eigenvalue weighted by Gasteiger charge is -2.40. The Kier molecular flexibility index (Phi) is 8.49. The smallest absolute Gasteiger partial charge is 0.410 e. The van der Waals surface area contributed by atoms with Crippen molar-refractivity contribution in [3.8, 4) is 0 Å². The summed E-state index contributed by atoms with van der Waals surface area (Å²) in [5.74, 6) is -3.71. The number of benzene rings is 1. The maximum absolute atomic E-state index is 14.3. The first-order chi connectivity index (χ1) is 16.9. The predicted molar refractivity (Wildman–Crippen MR) is 125 cm³/mol. The zero-order chi connectivity index (χ0) is 26.6. The van der Waals surface area contributed by atoms with Crippen LogP contribution in [-0.4, -0.2) is 80.3 Å². The van der Waals surface area contributed by atoms with Gasteiger partial charge in [0.15, 0.2) is 0 Å². The van der Waals surface area contributed by atoms with Gasteiger partial charge in [-0.1, -0.05) is 0 Å². The maximum atomic E-state index is 14.3. The van der Waals surface area contributed by atoms with E-state index < -0.39 is 35.0 Å². The lowest BCUT2D eigenvalue weighted by atomic mass is 9.89. The highest BCUT2D eigenvalue weighted by atomic mass is 19.1. The molecule has 1 atom stereocenters. The van der Waals surface area contributed by atoms with Gasteiger partial charge < -0.3 is 24.6 Å². The summed E-state index contributed by atoms with van der Waals surface area (Å²) in [5, 5.41) is 4.69. The zero-order valence-corrected chi connectivity index (χ0v) is 20.8. The first-order valence-corrected chi connectivity index (χ1v) is 11.7. The van der Waals surface area contributed by atoms with Crippen LogP contribution in [0.2, 0.25) is 0 Å². The number of halogens is 2. The fourth-order valence-electron chi connectivity index (χ4n) is 4.01. The van der Waals surface area contributed by atoms with Crippen molar-refractivity contribution in [3.05, 3.63) is 29.3 Å². The molecule has 1 aromatic rings. The lowest BCUT2D eigenvalue weighted by molar-refractivity contribution is -0.134. The Hall–Kier alpha value is -3.28. The molecule has 0 spiro atoms. The van der Waals surface area contributed by atoms with Crippen LogP contribution in [0.3, 0.4) is 0 Å². The van der Waals surface area contributed by atoms with E-state index in [9.17, 15) is 28.0 Å². The molecule has 3 saturated heterocycles. The number of ether oxygens (including phenoxy) is 2. The summed E-state index contributed by atoms with van der Waals surface area (Å²) in [6.45, 7) is 7.80. The first-order valence-electron chi connectivity index (χ1n) is 11.7. The van der Waals surface area contributed by atoms with E-state index in [1.165, 1.54) is 12.1 Å². The van der Waals surface area contributed by atoms with Crippen molar-refractivity contribution >= 4 is 30.0 Å². The molecule has 198 valence electrons. The SMILES string of the molecule is COC1CN(C(=O)OC(C)(C)C)C1.O=CNC1CN(c2cc(F)c(C3CCC(=O)NC3=O)c(F)c2)C1. The number of methoxy groups -OCH3 is 1. The minimum atomic E-state index is -0.998. The van der Waals surface area contributed by atoms with E-state index in [4.69, 9.17) is 9.47 Å². The number of imide groups is 1. The minimum absolute atomic E-state index is 0.0339. The lowest BCUT2D eigenvalue weighted by Crippen LogP contribution is -2.57. The number of rotatable bonds is 5. The molecule has 4 rings (SSSR count). The van der Waals surface area contributed by atoms with E-state index in [2.05, 4.69) is 10.6 Å². The normalized spacial score (nSPS) is 20.4. The number of anilines is 1. The average molecular weight is 511 g/mol. The van der Waals surface area contributed by atoms with E-state index in [1.807, 2.05) is 20.8 Å². The average Bonchev–Trinajstić information content (AvgIpc) is 2.69. The highest BCUT2D eigenvalue weighted by Crippen LogP contribution is 2.33. The van der Waals surface area contributed by atoms with Crippen LogP contribution in [0, 0.1) is 11.6 Å². The van der Waals surface area contributed by atoms with Crippen LogP contribution in [0.15, 0.2) is 12.1 Å². The number of nitrogens with one attached hydrogen (secondary N) is 2. The minimum Gasteiger partial charge on any atom is -0.444 e. The number of hydrogen-bond donors (Lipinski definition) is 2. The summed E-state index contributed by atoms with van der Waals surface area (Å²) >= 11 is 0. The summed E-state index contributed by atoms with van der Waals surface area (Å²) in [7, 11) is 1.65. The van der Waals surface area contributed by atoms with Crippen molar-refractivity contribution in [2.24, 2.45) is 0 Å². The summed E-state index contributed by atoms with van der Waals surface area (Å²) in [6.07, 6.45) is 0.679. The molecule has 0 aromatic heterocycles. The Morgan fingerprint density at radius 3 is 2.25 bits per heavy atom. The van der Waals surface area contributed by atoms with E-state index in [-0.39, 0.29) is 36.6 Å². The number of likely N-dealkylation sites (tertiary alicyclic amines) is 1. The summed E-state index contributed by atoms with van der Waals surface area (Å²) in [6, 6.07) is 2.33. The molecule has 3 aliphatic rings. The van der Waals surface area contributed by atoms with E-state index in [0.29, 0.717) is 38.3 Å². The molecule has 2 N–H and O–H groups in total. The Labute approximate surface area is 208 Å². The molecular weight excluding hydrogens is 478 g/mol. The van der Waals surface area contributed by atoms with Gasteiger partial charge in [0.05, 0.1) is 31.2 Å². The van der Waals surface area contributed by atoms with Gasteiger partial charge in [-0.25, -0.2) is 13.6 Å². The topological polar surface area (TPSA) is 117 Å². The van der Waals surface area contributed by atoms with Gasteiger partial charge >= 0.3 is 6.09 Å². The van der Waals surface area contributed by atoms with Gasteiger partial charge in [0.2, 0.25) is 18.2 Å². The monoisotopic (exact) mass is 510 g/mol. The van der Waals surface area contributed by atoms with Crippen molar-refractivity contribution < 1.29 is 37.4 Å². The number of carbonyl (C=O) groups excluding carboxylic acids is 4. The molecule has 4 amide bonds. The van der Waals surface area contributed by atoms with Gasteiger partial charge in [0.25, 0.3) is 0 Å². The van der Waals surface area contributed by atoms with Crippen molar-refractivity contribution in [2.75, 3.05) is 38.2 Å². The molecular formula is C24H32F2N4O6. The largest absolute Gasteiger partial charge is 0.444 e. The number of amides is 4. The summed E-state index contributed by atoms with van der Waals surface area (Å²) < 4.78 is 38.9. The van der Waals surface area contributed by atoms with Crippen LogP contribution in [0.1, 0.15) is 45.1 Å². The Morgan fingerprint density at radius 2 is 1.75 bits per heavy atom. The zero-order valence-electron chi connectivity index (χ0n) is 20.8. The third kappa shape index (κ3) is 6.68. The Morgan fingerprint density at radius 1 is 1.14 bits per heavy atom. The molecule has 0 saturated carbocycles. The van der Waals surface area contributed by atoms with Crippen LogP contribution >= 0.6 is 0 Å². The van der Waals surface area contributed by atoms with E-state index in [0.717, 1.165) is 0 Å². The van der Waals surface area contributed by atoms with E-state index in [1.54, 1.807) is 16.9 Å². The predicted octanol–water partition coefficient (Wildman–Crippen LogP) is 1.67. The van der Waals surface area contributed by atoms with Crippen LogP contribution in [0.5, 0.6) is 0 Å². The molecule has 3 fully saturated rings. The summed E-state index contributed by atoms with van der Waals surface area (Å²) in [4.78, 5) is 48.0. The van der Waals surface area contributed by atoms with Crippen LogP contribution in [0.4, 0.5) is 19.3 Å². The fraction of sp³-hybridized carbons (Fsp3) is 0.583. The Balaban J connectivity index is 0.000000236. The van der Waals surface area contributed by atoms with Gasteiger partial charge in [0, 0.05) is 37.9 Å². The van der Waals surface area contributed by atoms with Crippen LogP contribution in [-0.2, 0) is 23.9 Å². The van der Waals surface area contributed by atoms with Gasteiger partial charge in [0.1, 0.15) is 17.2 Å². The van der Waals surface area contributed by atoms with Crippen LogP contribution in [0.25, 0.3) is 0 Å². The second-order valence-electron chi connectivity index (χ2n) is 9.96. The van der Waals surface area contributed by atoms with Crippen molar-refractivity contribution in [1.29, 1.82) is 0 Å².